The minimum absolute atomic E-state index is 0.0735. The quantitative estimate of drug-likeness (QED) is 0.515. The van der Waals surface area contributed by atoms with Gasteiger partial charge in [0.2, 0.25) is 0 Å². The molecule has 0 fully saturated rings. The van der Waals surface area contributed by atoms with Gasteiger partial charge in [0, 0.05) is 7.11 Å². The summed E-state index contributed by atoms with van der Waals surface area (Å²) in [6.07, 6.45) is 0. The monoisotopic (exact) mass is 233 g/mol. The van der Waals surface area contributed by atoms with Gasteiger partial charge < -0.3 is 19.9 Å². The van der Waals surface area contributed by atoms with Gasteiger partial charge in [-0.05, 0) is 20.8 Å². The Kier molecular flexibility index (Phi) is 5.98. The lowest BCUT2D eigenvalue weighted by Crippen LogP contribution is -2.36. The summed E-state index contributed by atoms with van der Waals surface area (Å²) in [6.45, 7) is 4.54. The average Bonchev–Trinajstić information content (AvgIpc) is 2.22. The first-order valence-corrected chi connectivity index (χ1v) is 4.89. The van der Waals surface area contributed by atoms with Crippen LogP contribution in [0, 0.1) is 5.41 Å². The molecule has 0 aromatic carbocycles. The van der Waals surface area contributed by atoms with Crippen molar-refractivity contribution in [2.24, 2.45) is 11.1 Å². The lowest BCUT2D eigenvalue weighted by molar-refractivity contribution is -0.170. The van der Waals surface area contributed by atoms with Gasteiger partial charge >= 0.3 is 11.9 Å². The van der Waals surface area contributed by atoms with Crippen molar-refractivity contribution in [2.45, 2.75) is 26.8 Å². The average molecular weight is 233 g/mol. The summed E-state index contributed by atoms with van der Waals surface area (Å²) in [4.78, 5) is 22.6. The van der Waals surface area contributed by atoms with Crippen LogP contribution in [-0.2, 0) is 23.8 Å². The number of ether oxygens (including phenoxy) is 3. The number of hydrogen-bond donors (Lipinski definition) is 1. The lowest BCUT2D eigenvalue weighted by Gasteiger charge is -2.22. The van der Waals surface area contributed by atoms with E-state index >= 15 is 0 Å². The fourth-order valence-electron chi connectivity index (χ4n) is 0.750. The summed E-state index contributed by atoms with van der Waals surface area (Å²) >= 11 is 0. The molecule has 2 N–H and O–H groups in total. The van der Waals surface area contributed by atoms with Crippen molar-refractivity contribution in [3.63, 3.8) is 0 Å². The smallest absolute Gasteiger partial charge is 0.322 e. The third-order valence-electron chi connectivity index (χ3n) is 1.81. The number of hydrogen-bond acceptors (Lipinski definition) is 6. The Bertz CT molecular complexity index is 250. The maximum absolute atomic E-state index is 11.5. The van der Waals surface area contributed by atoms with Crippen LogP contribution in [0.4, 0.5) is 0 Å². The van der Waals surface area contributed by atoms with Crippen LogP contribution in [0.15, 0.2) is 0 Å². The van der Waals surface area contributed by atoms with Gasteiger partial charge in [0.15, 0.2) is 6.79 Å². The molecule has 0 radical (unpaired) electrons. The molecule has 0 aliphatic heterocycles. The number of methoxy groups -OCH3 is 1. The zero-order chi connectivity index (χ0) is 12.8. The summed E-state index contributed by atoms with van der Waals surface area (Å²) in [7, 11) is 1.41. The van der Waals surface area contributed by atoms with Crippen LogP contribution in [0.1, 0.15) is 20.8 Å². The zero-order valence-electron chi connectivity index (χ0n) is 10.1. The summed E-state index contributed by atoms with van der Waals surface area (Å²) < 4.78 is 14.2. The molecule has 0 unspecified atom stereocenters. The van der Waals surface area contributed by atoms with E-state index in [1.54, 1.807) is 13.8 Å². The second-order valence-corrected chi connectivity index (χ2v) is 4.12. The number of carbonyl (C=O) groups excluding carboxylic acids is 2. The molecule has 0 saturated carbocycles. The molecule has 94 valence electrons. The normalized spacial score (nSPS) is 13.1. The van der Waals surface area contributed by atoms with Crippen molar-refractivity contribution in [3.8, 4) is 0 Å². The third kappa shape index (κ3) is 5.09. The summed E-state index contributed by atoms with van der Waals surface area (Å²) in [5, 5.41) is 0. The molecule has 6 heteroatoms. The second-order valence-electron chi connectivity index (χ2n) is 4.12. The van der Waals surface area contributed by atoms with Gasteiger partial charge in [-0.15, -0.1) is 0 Å². The Morgan fingerprint density at radius 2 is 1.88 bits per heavy atom. The minimum atomic E-state index is -0.914. The predicted octanol–water partition coefficient (Wildman–Crippen LogP) is 0.0501. The lowest BCUT2D eigenvalue weighted by atomic mass is 9.95. The highest BCUT2D eigenvalue weighted by molar-refractivity contribution is 5.78. The van der Waals surface area contributed by atoms with Crippen LogP contribution in [-0.4, -0.2) is 38.5 Å². The molecule has 16 heavy (non-hydrogen) atoms. The summed E-state index contributed by atoms with van der Waals surface area (Å²) in [5.74, 6) is -1.04. The van der Waals surface area contributed by atoms with Crippen molar-refractivity contribution >= 4 is 11.9 Å². The topological polar surface area (TPSA) is 87.9 Å². The zero-order valence-corrected chi connectivity index (χ0v) is 10.1. The van der Waals surface area contributed by atoms with Crippen molar-refractivity contribution in [2.75, 3.05) is 20.5 Å². The maximum atomic E-state index is 11.5. The van der Waals surface area contributed by atoms with Crippen LogP contribution in [0.3, 0.4) is 0 Å². The van der Waals surface area contributed by atoms with E-state index in [2.05, 4.69) is 4.74 Å². The Morgan fingerprint density at radius 1 is 1.31 bits per heavy atom. The molecule has 0 saturated heterocycles. The van der Waals surface area contributed by atoms with Crippen molar-refractivity contribution in [1.29, 1.82) is 0 Å². The van der Waals surface area contributed by atoms with Gasteiger partial charge in [-0.3, -0.25) is 9.59 Å². The molecule has 0 bridgehead atoms. The Labute approximate surface area is 95.0 Å². The van der Waals surface area contributed by atoms with Crippen LogP contribution in [0.25, 0.3) is 0 Å². The fraction of sp³-hybridized carbons (Fsp3) is 0.800. The van der Waals surface area contributed by atoms with E-state index in [4.69, 9.17) is 15.2 Å². The first-order chi connectivity index (χ1) is 7.31. The van der Waals surface area contributed by atoms with Gasteiger partial charge in [-0.25, -0.2) is 0 Å². The van der Waals surface area contributed by atoms with Crippen LogP contribution in [0.5, 0.6) is 0 Å². The molecule has 1 atom stereocenters. The standard InChI is InChI=1S/C10H19NO5/c1-7(11)8(12)15-5-10(2,3)9(13)16-6-14-4/h7H,5-6,11H2,1-4H3/t7-/m0/s1. The van der Waals surface area contributed by atoms with Crippen molar-refractivity contribution < 1.29 is 23.8 Å². The number of carbonyl (C=O) groups is 2. The van der Waals surface area contributed by atoms with Crippen molar-refractivity contribution in [1.82, 2.24) is 0 Å². The highest BCUT2D eigenvalue weighted by Crippen LogP contribution is 2.18. The summed E-state index contributed by atoms with van der Waals surface area (Å²) in [5.41, 5.74) is 4.40. The van der Waals surface area contributed by atoms with E-state index in [0.717, 1.165) is 0 Å². The number of rotatable bonds is 6. The number of esters is 2. The van der Waals surface area contributed by atoms with Gasteiger partial charge in [-0.1, -0.05) is 0 Å². The molecule has 0 rings (SSSR count). The molecule has 0 aromatic rings. The van der Waals surface area contributed by atoms with E-state index in [1.807, 2.05) is 0 Å². The van der Waals surface area contributed by atoms with Gasteiger partial charge in [0.25, 0.3) is 0 Å². The highest BCUT2D eigenvalue weighted by atomic mass is 16.7. The Balaban J connectivity index is 4.13. The first kappa shape index (κ1) is 14.9. The maximum Gasteiger partial charge on any atom is 0.322 e. The van der Waals surface area contributed by atoms with Crippen LogP contribution >= 0.6 is 0 Å². The van der Waals surface area contributed by atoms with Gasteiger partial charge in [0.1, 0.15) is 12.6 Å². The largest absolute Gasteiger partial charge is 0.463 e. The third-order valence-corrected chi connectivity index (χ3v) is 1.81. The molecule has 0 aliphatic carbocycles. The predicted molar refractivity (Wildman–Crippen MR) is 56.4 cm³/mol. The molecule has 6 nitrogen and oxygen atoms in total. The van der Waals surface area contributed by atoms with Gasteiger partial charge in [-0.2, -0.15) is 0 Å². The van der Waals surface area contributed by atoms with E-state index in [0.29, 0.717) is 0 Å². The molecule has 0 amide bonds. The van der Waals surface area contributed by atoms with Crippen LogP contribution < -0.4 is 5.73 Å². The summed E-state index contributed by atoms with van der Waals surface area (Å²) in [6, 6.07) is -0.703. The highest BCUT2D eigenvalue weighted by Gasteiger charge is 2.31. The Hall–Kier alpha value is -1.14. The molecule has 0 heterocycles. The van der Waals surface area contributed by atoms with E-state index in [-0.39, 0.29) is 13.4 Å². The molecule has 0 spiro atoms. The molecular weight excluding hydrogens is 214 g/mol. The van der Waals surface area contributed by atoms with Crippen molar-refractivity contribution in [3.05, 3.63) is 0 Å². The minimum Gasteiger partial charge on any atom is -0.463 e. The first-order valence-electron chi connectivity index (χ1n) is 4.89. The second kappa shape index (κ2) is 6.44. The molecular formula is C10H19NO5. The van der Waals surface area contributed by atoms with E-state index in [1.165, 1.54) is 14.0 Å². The molecule has 0 aliphatic rings. The SMILES string of the molecule is COCOC(=O)C(C)(C)COC(=O)[C@H](C)N. The van der Waals surface area contributed by atoms with Crippen LogP contribution in [0.2, 0.25) is 0 Å². The van der Waals surface area contributed by atoms with E-state index < -0.39 is 23.4 Å². The van der Waals surface area contributed by atoms with Gasteiger partial charge in [0.05, 0.1) is 5.41 Å². The fourth-order valence-corrected chi connectivity index (χ4v) is 0.750. The number of nitrogens with two attached hydrogens (primary N) is 1. The molecule has 0 aromatic heterocycles. The van der Waals surface area contributed by atoms with E-state index in [9.17, 15) is 9.59 Å². The Morgan fingerprint density at radius 3 is 2.31 bits per heavy atom.